The maximum Gasteiger partial charge on any atom is 0.333 e. The first-order valence-corrected chi connectivity index (χ1v) is 8.60. The van der Waals surface area contributed by atoms with Crippen LogP contribution in [0.15, 0.2) is 49.6 Å². The first kappa shape index (κ1) is 28.1. The molecule has 29 heavy (non-hydrogen) atoms. The normalized spacial score (nSPS) is 9.66. The third-order valence-electron chi connectivity index (χ3n) is 2.79. The summed E-state index contributed by atoms with van der Waals surface area (Å²) in [5.41, 5.74) is 0.260. The molecule has 0 amide bonds. The molecular weight excluding hydrogens is 380 g/mol. The first-order chi connectivity index (χ1) is 13.4. The lowest BCUT2D eigenvalue weighted by Gasteiger charge is -2.23. The molecule has 0 fully saturated rings. The predicted octanol–water partition coefficient (Wildman–Crippen LogP) is 2.70. The van der Waals surface area contributed by atoms with Gasteiger partial charge < -0.3 is 18.9 Å². The van der Waals surface area contributed by atoms with E-state index in [-0.39, 0.29) is 26.4 Å². The molecule has 0 aromatic rings. The maximum atomic E-state index is 11.2. The van der Waals surface area contributed by atoms with E-state index in [0.29, 0.717) is 11.1 Å². The number of esters is 4. The van der Waals surface area contributed by atoms with Crippen LogP contribution in [0.4, 0.5) is 0 Å². The highest BCUT2D eigenvalue weighted by Crippen LogP contribution is 2.17. The second-order valence-corrected chi connectivity index (χ2v) is 6.62. The summed E-state index contributed by atoms with van der Waals surface area (Å²) >= 11 is 0. The molecule has 0 atom stereocenters. The standard InChI is InChI=1S/C13H20O4.C8H10O4/c1-9(2)11(14)16-7-13(5,6)8-17-12(15)10(3)4;1-3-7(9)11-5-6-12-8(10)4-2/h1,3,7-8H2,2,4-6H3;3-4H,1-2,5-6H2. The molecule has 0 saturated heterocycles. The summed E-state index contributed by atoms with van der Waals surface area (Å²) in [6, 6.07) is 0. The highest BCUT2D eigenvalue weighted by atomic mass is 16.6. The van der Waals surface area contributed by atoms with E-state index < -0.39 is 29.3 Å². The molecule has 8 heteroatoms. The summed E-state index contributed by atoms with van der Waals surface area (Å²) in [4.78, 5) is 43.2. The van der Waals surface area contributed by atoms with Crippen LogP contribution < -0.4 is 0 Å². The molecule has 0 aliphatic carbocycles. The Labute approximate surface area is 171 Å². The monoisotopic (exact) mass is 410 g/mol. The summed E-state index contributed by atoms with van der Waals surface area (Å²) in [6.07, 6.45) is 2.07. The van der Waals surface area contributed by atoms with Crippen molar-refractivity contribution in [2.75, 3.05) is 26.4 Å². The zero-order valence-corrected chi connectivity index (χ0v) is 17.6. The van der Waals surface area contributed by atoms with Crippen LogP contribution in [0.25, 0.3) is 0 Å². The molecule has 0 aliphatic rings. The summed E-state index contributed by atoms with van der Waals surface area (Å²) in [5, 5.41) is 0. The number of carbonyl (C=O) groups excluding carboxylic acids is 4. The van der Waals surface area contributed by atoms with Gasteiger partial charge in [-0.3, -0.25) is 0 Å². The molecule has 0 unspecified atom stereocenters. The zero-order valence-electron chi connectivity index (χ0n) is 17.6. The van der Waals surface area contributed by atoms with E-state index in [2.05, 4.69) is 35.8 Å². The van der Waals surface area contributed by atoms with E-state index >= 15 is 0 Å². The van der Waals surface area contributed by atoms with Crippen LogP contribution >= 0.6 is 0 Å². The van der Waals surface area contributed by atoms with Gasteiger partial charge in [-0.2, -0.15) is 0 Å². The fourth-order valence-corrected chi connectivity index (χ4v) is 1.21. The summed E-state index contributed by atoms with van der Waals surface area (Å²) in [6.45, 7) is 20.6. The quantitative estimate of drug-likeness (QED) is 0.222. The van der Waals surface area contributed by atoms with Crippen LogP contribution in [0.5, 0.6) is 0 Å². The highest BCUT2D eigenvalue weighted by Gasteiger charge is 2.23. The molecule has 0 radical (unpaired) electrons. The number of ether oxygens (including phenoxy) is 4. The van der Waals surface area contributed by atoms with Gasteiger partial charge in [0, 0.05) is 28.7 Å². The molecule has 0 bridgehead atoms. The summed E-state index contributed by atoms with van der Waals surface area (Å²) in [7, 11) is 0. The summed E-state index contributed by atoms with van der Waals surface area (Å²) < 4.78 is 19.1. The lowest BCUT2D eigenvalue weighted by molar-refractivity contribution is -0.147. The van der Waals surface area contributed by atoms with Crippen LogP contribution in [0, 0.1) is 5.41 Å². The number of hydrogen-bond acceptors (Lipinski definition) is 8. The van der Waals surface area contributed by atoms with Crippen molar-refractivity contribution in [3.8, 4) is 0 Å². The van der Waals surface area contributed by atoms with Crippen LogP contribution in [0.1, 0.15) is 27.7 Å². The number of rotatable bonds is 11. The second kappa shape index (κ2) is 14.8. The van der Waals surface area contributed by atoms with Gasteiger partial charge in [0.1, 0.15) is 13.2 Å². The lowest BCUT2D eigenvalue weighted by Crippen LogP contribution is -2.28. The van der Waals surface area contributed by atoms with Gasteiger partial charge >= 0.3 is 23.9 Å². The molecule has 0 saturated carbocycles. The van der Waals surface area contributed by atoms with Crippen molar-refractivity contribution in [1.82, 2.24) is 0 Å². The average Bonchev–Trinajstić information content (AvgIpc) is 2.67. The van der Waals surface area contributed by atoms with Gasteiger partial charge in [-0.1, -0.05) is 40.2 Å². The van der Waals surface area contributed by atoms with Gasteiger partial charge in [0.2, 0.25) is 0 Å². The van der Waals surface area contributed by atoms with Crippen molar-refractivity contribution in [1.29, 1.82) is 0 Å². The Morgan fingerprint density at radius 3 is 1.28 bits per heavy atom. The van der Waals surface area contributed by atoms with Gasteiger partial charge in [0.15, 0.2) is 0 Å². The van der Waals surface area contributed by atoms with Gasteiger partial charge in [-0.25, -0.2) is 19.2 Å². The highest BCUT2D eigenvalue weighted by molar-refractivity contribution is 5.87. The van der Waals surface area contributed by atoms with Crippen molar-refractivity contribution < 1.29 is 38.1 Å². The van der Waals surface area contributed by atoms with Crippen LogP contribution in [0.3, 0.4) is 0 Å². The van der Waals surface area contributed by atoms with Crippen molar-refractivity contribution in [2.45, 2.75) is 27.7 Å². The van der Waals surface area contributed by atoms with Crippen molar-refractivity contribution in [3.63, 3.8) is 0 Å². The topological polar surface area (TPSA) is 105 Å². The van der Waals surface area contributed by atoms with E-state index in [9.17, 15) is 19.2 Å². The SMILES string of the molecule is C=C(C)C(=O)OCC(C)(C)COC(=O)C(=C)C.C=CC(=O)OCCOC(=O)C=C. The Morgan fingerprint density at radius 1 is 0.724 bits per heavy atom. The van der Waals surface area contributed by atoms with Crippen LogP contribution in [-0.4, -0.2) is 50.3 Å². The Hall–Kier alpha value is -3.16. The van der Waals surface area contributed by atoms with Crippen LogP contribution in [0.2, 0.25) is 0 Å². The molecule has 0 aromatic heterocycles. The minimum atomic E-state index is -0.537. The Morgan fingerprint density at radius 2 is 1.03 bits per heavy atom. The first-order valence-electron chi connectivity index (χ1n) is 8.60. The molecule has 0 aliphatic heterocycles. The Balaban J connectivity index is 0. The van der Waals surface area contributed by atoms with E-state index in [1.807, 2.05) is 13.8 Å². The van der Waals surface area contributed by atoms with Crippen molar-refractivity contribution in [3.05, 3.63) is 49.6 Å². The Bertz CT molecular complexity index is 589. The molecular formula is C21H30O8. The largest absolute Gasteiger partial charge is 0.462 e. The van der Waals surface area contributed by atoms with Gasteiger partial charge in [-0.15, -0.1) is 0 Å². The van der Waals surface area contributed by atoms with Gasteiger partial charge in [0.25, 0.3) is 0 Å². The van der Waals surface area contributed by atoms with E-state index in [0.717, 1.165) is 12.2 Å². The average molecular weight is 410 g/mol. The third-order valence-corrected chi connectivity index (χ3v) is 2.79. The van der Waals surface area contributed by atoms with E-state index in [1.165, 1.54) is 0 Å². The molecule has 0 N–H and O–H groups in total. The van der Waals surface area contributed by atoms with E-state index in [4.69, 9.17) is 9.47 Å². The molecule has 0 heterocycles. The Kier molecular flexibility index (Phi) is 14.4. The number of hydrogen-bond donors (Lipinski definition) is 0. The van der Waals surface area contributed by atoms with E-state index in [1.54, 1.807) is 13.8 Å². The fraction of sp³-hybridized carbons (Fsp3) is 0.429. The maximum absolute atomic E-state index is 11.2. The summed E-state index contributed by atoms with van der Waals surface area (Å²) in [5.74, 6) is -1.96. The van der Waals surface area contributed by atoms with Crippen molar-refractivity contribution >= 4 is 23.9 Å². The molecule has 162 valence electrons. The molecule has 0 rings (SSSR count). The third kappa shape index (κ3) is 16.7. The van der Waals surface area contributed by atoms with Crippen LogP contribution in [-0.2, 0) is 38.1 Å². The number of carbonyl (C=O) groups is 4. The zero-order chi connectivity index (χ0) is 23.0. The van der Waals surface area contributed by atoms with Gasteiger partial charge in [0.05, 0.1) is 13.2 Å². The molecule has 8 nitrogen and oxygen atoms in total. The molecule has 0 spiro atoms. The predicted molar refractivity (Wildman–Crippen MR) is 108 cm³/mol. The smallest absolute Gasteiger partial charge is 0.333 e. The fourth-order valence-electron chi connectivity index (χ4n) is 1.21. The minimum absolute atomic E-state index is 0.0322. The minimum Gasteiger partial charge on any atom is -0.462 e. The van der Waals surface area contributed by atoms with Crippen molar-refractivity contribution in [2.24, 2.45) is 5.41 Å². The van der Waals surface area contributed by atoms with Gasteiger partial charge in [-0.05, 0) is 13.8 Å². The lowest BCUT2D eigenvalue weighted by atomic mass is 9.96. The molecule has 0 aromatic carbocycles. The second-order valence-electron chi connectivity index (χ2n) is 6.62.